The molecule has 9 heteroatoms. The van der Waals surface area contributed by atoms with Crippen LogP contribution in [0.25, 0.3) is 11.0 Å². The molecule has 0 bridgehead atoms. The van der Waals surface area contributed by atoms with Gasteiger partial charge in [-0.25, -0.2) is 22.4 Å². The Morgan fingerprint density at radius 2 is 1.84 bits per heavy atom. The van der Waals surface area contributed by atoms with Gasteiger partial charge in [0.15, 0.2) is 5.65 Å². The molecule has 1 amide bonds. The van der Waals surface area contributed by atoms with Crippen LogP contribution in [0.3, 0.4) is 0 Å². The van der Waals surface area contributed by atoms with E-state index in [4.69, 9.17) is 4.98 Å². The summed E-state index contributed by atoms with van der Waals surface area (Å²) in [6.07, 6.45) is 1.66. The van der Waals surface area contributed by atoms with Crippen LogP contribution in [-0.4, -0.2) is 47.5 Å². The minimum absolute atomic E-state index is 0.0845. The lowest BCUT2D eigenvalue weighted by atomic mass is 10.0. The first-order valence-corrected chi connectivity index (χ1v) is 11.6. The monoisotopic (exact) mass is 443 g/mol. The number of benzene rings is 1. The molecule has 0 unspecified atom stereocenters. The van der Waals surface area contributed by atoms with Gasteiger partial charge in [-0.3, -0.25) is 4.79 Å². The van der Waals surface area contributed by atoms with E-state index in [1.165, 1.54) is 14.1 Å². The molecule has 3 rings (SSSR count). The van der Waals surface area contributed by atoms with Crippen LogP contribution in [0.1, 0.15) is 61.3 Å². The topological polar surface area (TPSA) is 97.2 Å². The number of sulfonamides is 1. The lowest BCUT2D eigenvalue weighted by Gasteiger charge is -2.16. The van der Waals surface area contributed by atoms with Gasteiger partial charge in [0.05, 0.1) is 22.0 Å². The molecule has 8 nitrogen and oxygen atoms in total. The molecule has 0 radical (unpaired) electrons. The van der Waals surface area contributed by atoms with Crippen molar-refractivity contribution >= 4 is 27.0 Å². The van der Waals surface area contributed by atoms with Gasteiger partial charge < -0.3 is 5.32 Å². The lowest BCUT2D eigenvalue weighted by molar-refractivity contribution is 0.0952. The van der Waals surface area contributed by atoms with Crippen molar-refractivity contribution in [2.45, 2.75) is 51.1 Å². The Morgan fingerprint density at radius 1 is 1.16 bits per heavy atom. The van der Waals surface area contributed by atoms with E-state index in [0.29, 0.717) is 22.2 Å². The fourth-order valence-electron chi connectivity index (χ4n) is 3.27. The Labute approximate surface area is 183 Å². The molecule has 3 aromatic rings. The van der Waals surface area contributed by atoms with Crippen LogP contribution in [0, 0.1) is 0 Å². The fraction of sp³-hybridized carbons (Fsp3) is 0.409. The van der Waals surface area contributed by atoms with E-state index in [0.717, 1.165) is 10.00 Å². The third kappa shape index (κ3) is 4.47. The van der Waals surface area contributed by atoms with Gasteiger partial charge in [-0.2, -0.15) is 5.10 Å². The van der Waals surface area contributed by atoms with E-state index in [2.05, 4.69) is 10.4 Å². The molecule has 0 spiro atoms. The second kappa shape index (κ2) is 8.76. The predicted octanol–water partition coefficient (Wildman–Crippen LogP) is 3.32. The molecule has 1 N–H and O–H groups in total. The van der Waals surface area contributed by atoms with Crippen LogP contribution in [0.2, 0.25) is 0 Å². The van der Waals surface area contributed by atoms with Crippen LogP contribution in [-0.2, 0) is 16.6 Å². The summed E-state index contributed by atoms with van der Waals surface area (Å²) >= 11 is 0. The molecular weight excluding hydrogens is 414 g/mol. The highest BCUT2D eigenvalue weighted by Crippen LogP contribution is 2.25. The predicted molar refractivity (Wildman–Crippen MR) is 120 cm³/mol. The normalized spacial score (nSPS) is 12.3. The standard InChI is InChI=1S/C22H29N5O3S/c1-14(2)19-11-17(18-13-24-27(15(3)4)21(18)25-19)22(28)23-12-16-9-7-8-10-20(16)31(29,30)26(5)6/h7-11,13-15H,12H2,1-6H3,(H,23,28). The third-order valence-corrected chi connectivity index (χ3v) is 7.00. The van der Waals surface area contributed by atoms with Crippen molar-refractivity contribution in [3.05, 3.63) is 53.3 Å². The van der Waals surface area contributed by atoms with E-state index in [1.54, 1.807) is 41.2 Å². The number of hydrogen-bond acceptors (Lipinski definition) is 5. The summed E-state index contributed by atoms with van der Waals surface area (Å²) in [6, 6.07) is 8.57. The maximum Gasteiger partial charge on any atom is 0.252 e. The SMILES string of the molecule is CC(C)c1cc(C(=O)NCc2ccccc2S(=O)(=O)N(C)C)c2cnn(C(C)C)c2n1. The Hall–Kier alpha value is -2.78. The summed E-state index contributed by atoms with van der Waals surface area (Å²) in [5.74, 6) is -0.160. The van der Waals surface area contributed by atoms with Gasteiger partial charge in [0.1, 0.15) is 0 Å². The Kier molecular flexibility index (Phi) is 6.47. The second-order valence-corrected chi connectivity index (χ2v) is 10.4. The van der Waals surface area contributed by atoms with E-state index in [9.17, 15) is 13.2 Å². The number of amides is 1. The summed E-state index contributed by atoms with van der Waals surface area (Å²) < 4.78 is 28.2. The number of carbonyl (C=O) groups is 1. The van der Waals surface area contributed by atoms with Gasteiger partial charge in [-0.1, -0.05) is 32.0 Å². The van der Waals surface area contributed by atoms with Crippen LogP contribution < -0.4 is 5.32 Å². The summed E-state index contributed by atoms with van der Waals surface area (Å²) in [6.45, 7) is 8.15. The van der Waals surface area contributed by atoms with Crippen LogP contribution in [0.5, 0.6) is 0 Å². The molecule has 1 aromatic carbocycles. The maximum atomic E-state index is 13.1. The Balaban J connectivity index is 1.97. The van der Waals surface area contributed by atoms with E-state index in [1.807, 2.05) is 27.7 Å². The number of pyridine rings is 1. The lowest BCUT2D eigenvalue weighted by Crippen LogP contribution is -2.27. The molecule has 2 aromatic heterocycles. The summed E-state index contributed by atoms with van der Waals surface area (Å²) in [5, 5.41) is 7.96. The van der Waals surface area contributed by atoms with Crippen molar-refractivity contribution in [3.8, 4) is 0 Å². The molecule has 0 saturated carbocycles. The zero-order chi connectivity index (χ0) is 22.9. The van der Waals surface area contributed by atoms with Crippen molar-refractivity contribution in [1.29, 1.82) is 0 Å². The minimum Gasteiger partial charge on any atom is -0.348 e. The number of carbonyl (C=O) groups excluding carboxylic acids is 1. The zero-order valence-corrected chi connectivity index (χ0v) is 19.6. The zero-order valence-electron chi connectivity index (χ0n) is 18.7. The van der Waals surface area contributed by atoms with Gasteiger partial charge >= 0.3 is 0 Å². The highest BCUT2D eigenvalue weighted by Gasteiger charge is 2.22. The number of aromatic nitrogens is 3. The minimum atomic E-state index is -3.62. The molecular formula is C22H29N5O3S. The molecule has 0 saturated heterocycles. The van der Waals surface area contributed by atoms with Gasteiger partial charge in [0, 0.05) is 32.4 Å². The highest BCUT2D eigenvalue weighted by atomic mass is 32.2. The number of hydrogen-bond donors (Lipinski definition) is 1. The van der Waals surface area contributed by atoms with E-state index < -0.39 is 10.0 Å². The van der Waals surface area contributed by atoms with Crippen molar-refractivity contribution in [2.75, 3.05) is 14.1 Å². The molecule has 31 heavy (non-hydrogen) atoms. The second-order valence-electron chi connectivity index (χ2n) is 8.25. The van der Waals surface area contributed by atoms with Crippen molar-refractivity contribution in [3.63, 3.8) is 0 Å². The molecule has 0 aliphatic heterocycles. The van der Waals surface area contributed by atoms with Gasteiger partial charge in [0.2, 0.25) is 10.0 Å². The van der Waals surface area contributed by atoms with Crippen molar-refractivity contribution in [2.24, 2.45) is 0 Å². The van der Waals surface area contributed by atoms with Crippen molar-refractivity contribution in [1.82, 2.24) is 24.4 Å². The fourth-order valence-corrected chi connectivity index (χ4v) is 4.38. The van der Waals surface area contributed by atoms with Crippen LogP contribution >= 0.6 is 0 Å². The summed E-state index contributed by atoms with van der Waals surface area (Å²) in [4.78, 5) is 18.0. The smallest absolute Gasteiger partial charge is 0.252 e. The molecule has 0 atom stereocenters. The van der Waals surface area contributed by atoms with Gasteiger partial charge in [-0.15, -0.1) is 0 Å². The molecule has 166 valence electrons. The van der Waals surface area contributed by atoms with Crippen LogP contribution in [0.4, 0.5) is 0 Å². The summed E-state index contributed by atoms with van der Waals surface area (Å²) in [5.41, 5.74) is 2.47. The molecule has 0 aliphatic carbocycles. The highest BCUT2D eigenvalue weighted by molar-refractivity contribution is 7.89. The maximum absolute atomic E-state index is 13.1. The van der Waals surface area contributed by atoms with Crippen LogP contribution in [0.15, 0.2) is 41.4 Å². The van der Waals surface area contributed by atoms with Gasteiger partial charge in [-0.05, 0) is 37.5 Å². The number of nitrogens with one attached hydrogen (secondary N) is 1. The van der Waals surface area contributed by atoms with E-state index in [-0.39, 0.29) is 29.3 Å². The Morgan fingerprint density at radius 3 is 2.45 bits per heavy atom. The van der Waals surface area contributed by atoms with E-state index >= 15 is 0 Å². The Bertz CT molecular complexity index is 1210. The molecule has 0 fully saturated rings. The summed E-state index contributed by atoms with van der Waals surface area (Å²) in [7, 11) is -0.652. The third-order valence-electron chi connectivity index (χ3n) is 5.08. The average Bonchev–Trinajstić information content (AvgIpc) is 3.15. The largest absolute Gasteiger partial charge is 0.348 e. The molecule has 2 heterocycles. The first kappa shape index (κ1) is 22.9. The number of rotatable bonds is 7. The first-order valence-electron chi connectivity index (χ1n) is 10.2. The first-order chi connectivity index (χ1) is 14.5. The molecule has 0 aliphatic rings. The average molecular weight is 444 g/mol. The van der Waals surface area contributed by atoms with Crippen molar-refractivity contribution < 1.29 is 13.2 Å². The number of nitrogens with zero attached hydrogens (tertiary/aromatic N) is 4. The number of fused-ring (bicyclic) bond motifs is 1. The quantitative estimate of drug-likeness (QED) is 0.604. The van der Waals surface area contributed by atoms with Gasteiger partial charge in [0.25, 0.3) is 5.91 Å².